The van der Waals surface area contributed by atoms with Crippen molar-refractivity contribution in [3.63, 3.8) is 0 Å². The molecule has 8 heteroatoms. The molecular weight excluding hydrogens is 374 g/mol. The Labute approximate surface area is 168 Å². The maximum absolute atomic E-state index is 12.4. The minimum absolute atomic E-state index is 0.284. The monoisotopic (exact) mass is 399 g/mol. The highest BCUT2D eigenvalue weighted by molar-refractivity contribution is 5.92. The van der Waals surface area contributed by atoms with Gasteiger partial charge in [-0.1, -0.05) is 25.0 Å². The van der Waals surface area contributed by atoms with Gasteiger partial charge < -0.3 is 9.47 Å². The second kappa shape index (κ2) is 7.51. The summed E-state index contributed by atoms with van der Waals surface area (Å²) < 4.78 is 11.7. The molecule has 1 aliphatic heterocycles. The lowest BCUT2D eigenvalue weighted by Crippen LogP contribution is -2.42. The molecule has 29 heavy (non-hydrogen) atoms. The van der Waals surface area contributed by atoms with Gasteiger partial charge in [-0.3, -0.25) is 19.8 Å². The van der Waals surface area contributed by atoms with Crippen molar-refractivity contribution in [3.05, 3.63) is 35.5 Å². The van der Waals surface area contributed by atoms with Gasteiger partial charge in [-0.2, -0.15) is 5.10 Å². The SMILES string of the molecule is COC(=O)CC1(C(=O)OC)C=C(c2ccc3c(C)nn(C4CCCC4)c3c2)NO1. The predicted octanol–water partition coefficient (Wildman–Crippen LogP) is 2.81. The Morgan fingerprint density at radius 3 is 2.72 bits per heavy atom. The van der Waals surface area contributed by atoms with Crippen molar-refractivity contribution in [2.45, 2.75) is 50.7 Å². The number of benzene rings is 1. The minimum atomic E-state index is -1.56. The summed E-state index contributed by atoms with van der Waals surface area (Å²) in [4.78, 5) is 29.7. The number of carbonyl (C=O) groups excluding carboxylic acids is 2. The molecule has 1 aromatic heterocycles. The smallest absolute Gasteiger partial charge is 0.345 e. The van der Waals surface area contributed by atoms with Crippen LogP contribution in [0.2, 0.25) is 0 Å². The second-order valence-electron chi connectivity index (χ2n) is 7.60. The minimum Gasteiger partial charge on any atom is -0.469 e. The number of nitrogens with one attached hydrogen (secondary N) is 1. The van der Waals surface area contributed by atoms with Crippen LogP contribution in [0, 0.1) is 6.92 Å². The number of nitrogens with zero attached hydrogens (tertiary/aromatic N) is 2. The van der Waals surface area contributed by atoms with Crippen molar-refractivity contribution in [2.75, 3.05) is 14.2 Å². The summed E-state index contributed by atoms with van der Waals surface area (Å²) in [5.41, 5.74) is 4.72. The van der Waals surface area contributed by atoms with Crippen LogP contribution in [0.25, 0.3) is 16.6 Å². The molecule has 1 aromatic carbocycles. The molecule has 1 unspecified atom stereocenters. The highest BCUT2D eigenvalue weighted by Crippen LogP contribution is 2.35. The molecule has 2 heterocycles. The molecule has 0 spiro atoms. The number of aromatic nitrogens is 2. The second-order valence-corrected chi connectivity index (χ2v) is 7.60. The van der Waals surface area contributed by atoms with E-state index in [4.69, 9.17) is 19.4 Å². The molecule has 1 N–H and O–H groups in total. The van der Waals surface area contributed by atoms with Gasteiger partial charge in [0.15, 0.2) is 0 Å². The van der Waals surface area contributed by atoms with Crippen LogP contribution in [-0.2, 0) is 23.9 Å². The third-order valence-electron chi connectivity index (χ3n) is 5.76. The third kappa shape index (κ3) is 3.37. The number of ether oxygens (including phenoxy) is 2. The van der Waals surface area contributed by atoms with Gasteiger partial charge >= 0.3 is 11.9 Å². The number of rotatable bonds is 5. The molecule has 154 valence electrons. The molecule has 1 fully saturated rings. The Bertz CT molecular complexity index is 990. The molecule has 1 saturated carbocycles. The number of hydroxylamine groups is 1. The first kappa shape index (κ1) is 19.4. The van der Waals surface area contributed by atoms with E-state index in [0.29, 0.717) is 11.7 Å². The molecule has 1 aliphatic carbocycles. The van der Waals surface area contributed by atoms with Crippen LogP contribution in [0.15, 0.2) is 24.3 Å². The van der Waals surface area contributed by atoms with Crippen molar-refractivity contribution >= 4 is 28.5 Å². The van der Waals surface area contributed by atoms with Crippen LogP contribution in [0.3, 0.4) is 0 Å². The van der Waals surface area contributed by atoms with Crippen molar-refractivity contribution in [2.24, 2.45) is 0 Å². The predicted molar refractivity (Wildman–Crippen MR) is 106 cm³/mol. The van der Waals surface area contributed by atoms with E-state index in [1.807, 2.05) is 25.1 Å². The molecule has 4 rings (SSSR count). The fourth-order valence-electron chi connectivity index (χ4n) is 4.19. The first-order chi connectivity index (χ1) is 14.0. The fourth-order valence-corrected chi connectivity index (χ4v) is 4.19. The summed E-state index contributed by atoms with van der Waals surface area (Å²) in [6, 6.07) is 6.43. The van der Waals surface area contributed by atoms with Crippen molar-refractivity contribution < 1.29 is 23.9 Å². The van der Waals surface area contributed by atoms with Gasteiger partial charge in [-0.05, 0) is 31.9 Å². The molecule has 8 nitrogen and oxygen atoms in total. The van der Waals surface area contributed by atoms with Gasteiger partial charge in [0.05, 0.1) is 43.6 Å². The first-order valence-electron chi connectivity index (χ1n) is 9.79. The normalized spacial score (nSPS) is 21.8. The van der Waals surface area contributed by atoms with Crippen LogP contribution in [-0.4, -0.2) is 41.5 Å². The molecule has 0 radical (unpaired) electrons. The van der Waals surface area contributed by atoms with E-state index in [0.717, 1.165) is 35.0 Å². The first-order valence-corrected chi connectivity index (χ1v) is 9.79. The van der Waals surface area contributed by atoms with Crippen molar-refractivity contribution in [3.8, 4) is 0 Å². The van der Waals surface area contributed by atoms with Gasteiger partial charge in [0, 0.05) is 10.9 Å². The van der Waals surface area contributed by atoms with E-state index < -0.39 is 17.5 Å². The maximum Gasteiger partial charge on any atom is 0.345 e. The molecule has 1 atom stereocenters. The standard InChI is InChI=1S/C21H25N3O5/c1-13-16-9-8-14(10-18(16)24(22-13)15-6-4-5-7-15)17-11-21(29-23-17,20(26)28-3)12-19(25)27-2/h8-11,15,23H,4-7,12H2,1-3H3. The number of hydrogen-bond donors (Lipinski definition) is 1. The van der Waals surface area contributed by atoms with Gasteiger partial charge in [0.1, 0.15) is 0 Å². The number of aryl methyl sites for hydroxylation is 1. The number of esters is 2. The Morgan fingerprint density at radius 1 is 1.28 bits per heavy atom. The topological polar surface area (TPSA) is 91.7 Å². The summed E-state index contributed by atoms with van der Waals surface area (Å²) in [6.07, 6.45) is 6.01. The van der Waals surface area contributed by atoms with Crippen LogP contribution in [0.1, 0.15) is 49.4 Å². The van der Waals surface area contributed by atoms with Gasteiger partial charge in [0.25, 0.3) is 0 Å². The number of methoxy groups -OCH3 is 2. The average molecular weight is 399 g/mol. The fraction of sp³-hybridized carbons (Fsp3) is 0.476. The van der Waals surface area contributed by atoms with Crippen LogP contribution < -0.4 is 5.48 Å². The van der Waals surface area contributed by atoms with Crippen molar-refractivity contribution in [1.82, 2.24) is 15.3 Å². The van der Waals surface area contributed by atoms with Crippen LogP contribution in [0.5, 0.6) is 0 Å². The lowest BCUT2D eigenvalue weighted by atomic mass is 9.97. The summed E-state index contributed by atoms with van der Waals surface area (Å²) in [5, 5.41) is 5.88. The lowest BCUT2D eigenvalue weighted by Gasteiger charge is -2.20. The third-order valence-corrected chi connectivity index (χ3v) is 5.76. The Hall–Kier alpha value is -2.87. The summed E-state index contributed by atoms with van der Waals surface area (Å²) in [6.45, 7) is 2.02. The zero-order valence-electron chi connectivity index (χ0n) is 16.9. The van der Waals surface area contributed by atoms with Gasteiger partial charge in [-0.25, -0.2) is 4.79 Å². The Morgan fingerprint density at radius 2 is 2.03 bits per heavy atom. The molecule has 0 amide bonds. The van der Waals surface area contributed by atoms with E-state index in [-0.39, 0.29) is 6.42 Å². The van der Waals surface area contributed by atoms with Crippen molar-refractivity contribution in [1.29, 1.82) is 0 Å². The quantitative estimate of drug-likeness (QED) is 0.773. The molecule has 2 aromatic rings. The summed E-state index contributed by atoms with van der Waals surface area (Å²) in [5.74, 6) is -1.24. The summed E-state index contributed by atoms with van der Waals surface area (Å²) in [7, 11) is 2.52. The van der Waals surface area contributed by atoms with Gasteiger partial charge in [0.2, 0.25) is 5.60 Å². The number of hydrogen-bond acceptors (Lipinski definition) is 7. The molecule has 0 bridgehead atoms. The maximum atomic E-state index is 12.4. The Balaban J connectivity index is 1.74. The van der Waals surface area contributed by atoms with E-state index in [1.54, 1.807) is 6.08 Å². The largest absolute Gasteiger partial charge is 0.469 e. The lowest BCUT2D eigenvalue weighted by molar-refractivity contribution is -0.172. The van der Waals surface area contributed by atoms with Gasteiger partial charge in [-0.15, -0.1) is 0 Å². The average Bonchev–Trinajstić information content (AvgIpc) is 3.47. The van der Waals surface area contributed by atoms with Crippen LogP contribution >= 0.6 is 0 Å². The van der Waals surface area contributed by atoms with E-state index in [2.05, 4.69) is 10.2 Å². The van der Waals surface area contributed by atoms with Crippen LogP contribution in [0.4, 0.5) is 0 Å². The molecule has 0 saturated heterocycles. The van der Waals surface area contributed by atoms with E-state index >= 15 is 0 Å². The zero-order valence-corrected chi connectivity index (χ0v) is 16.9. The Kier molecular flexibility index (Phi) is 5.04. The zero-order chi connectivity index (χ0) is 20.6. The highest BCUT2D eigenvalue weighted by Gasteiger charge is 2.46. The number of fused-ring (bicyclic) bond motifs is 1. The van der Waals surface area contributed by atoms with E-state index in [9.17, 15) is 9.59 Å². The summed E-state index contributed by atoms with van der Waals surface area (Å²) >= 11 is 0. The van der Waals surface area contributed by atoms with E-state index in [1.165, 1.54) is 27.1 Å². The number of carbonyl (C=O) groups is 2. The highest BCUT2D eigenvalue weighted by atomic mass is 16.7. The molecule has 2 aliphatic rings. The molecular formula is C21H25N3O5.